The number of hydrogen-bond acceptors (Lipinski definition) is 3. The summed E-state index contributed by atoms with van der Waals surface area (Å²) in [4.78, 5) is 13.4. The maximum absolute atomic E-state index is 12.0. The Labute approximate surface area is 125 Å². The van der Waals surface area contributed by atoms with Gasteiger partial charge in [0, 0.05) is 20.6 Å². The molecule has 21 heavy (non-hydrogen) atoms. The number of carbonyl (C=O) groups is 1. The number of amides is 2. The minimum absolute atomic E-state index is 0.0626. The quantitative estimate of drug-likeness (QED) is 0.919. The van der Waals surface area contributed by atoms with Gasteiger partial charge < -0.3 is 10.6 Å². The lowest BCUT2D eigenvalue weighted by molar-refractivity contribution is 0.160. The van der Waals surface area contributed by atoms with Gasteiger partial charge in [-0.05, 0) is 37.0 Å². The molecule has 0 saturated carbocycles. The van der Waals surface area contributed by atoms with Crippen LogP contribution < -0.4 is 5.73 Å². The smallest absolute Gasteiger partial charge is 0.315 e. The first-order valence-electron chi connectivity index (χ1n) is 6.92. The Morgan fingerprint density at radius 1 is 1.24 bits per heavy atom. The molecule has 0 aliphatic carbocycles. The Morgan fingerprint density at radius 2 is 1.86 bits per heavy atom. The van der Waals surface area contributed by atoms with Crippen molar-refractivity contribution in [3.63, 3.8) is 0 Å². The molecule has 116 valence electrons. The molecule has 1 atom stereocenters. The van der Waals surface area contributed by atoms with Gasteiger partial charge in [0.25, 0.3) is 0 Å². The maximum atomic E-state index is 12.0. The molecule has 0 spiro atoms. The molecule has 2 rings (SSSR count). The number of carbonyl (C=O) groups excluding carboxylic acids is 1. The van der Waals surface area contributed by atoms with Gasteiger partial charge in [0.05, 0.1) is 10.9 Å². The van der Waals surface area contributed by atoms with E-state index in [0.29, 0.717) is 6.54 Å². The van der Waals surface area contributed by atoms with E-state index in [1.807, 2.05) is 0 Å². The number of primary amides is 1. The highest BCUT2D eigenvalue weighted by Crippen LogP contribution is 2.31. The summed E-state index contributed by atoms with van der Waals surface area (Å²) in [6.45, 7) is 0.651. The number of sulfonamides is 1. The Balaban J connectivity index is 2.28. The van der Waals surface area contributed by atoms with Crippen molar-refractivity contribution in [2.24, 2.45) is 5.73 Å². The van der Waals surface area contributed by atoms with E-state index >= 15 is 0 Å². The lowest BCUT2D eigenvalue weighted by atomic mass is 9.96. The van der Waals surface area contributed by atoms with Gasteiger partial charge in [-0.3, -0.25) is 0 Å². The third-order valence-electron chi connectivity index (χ3n) is 3.83. The molecule has 1 aromatic carbocycles. The number of nitrogens with zero attached hydrogens (tertiary/aromatic N) is 2. The zero-order valence-corrected chi connectivity index (χ0v) is 13.1. The number of piperidine rings is 1. The van der Waals surface area contributed by atoms with Crippen molar-refractivity contribution in [2.45, 2.75) is 30.2 Å². The van der Waals surface area contributed by atoms with Gasteiger partial charge in [-0.2, -0.15) is 0 Å². The van der Waals surface area contributed by atoms with E-state index in [1.165, 1.54) is 18.4 Å². The van der Waals surface area contributed by atoms with Crippen LogP contribution in [0.3, 0.4) is 0 Å². The van der Waals surface area contributed by atoms with E-state index in [2.05, 4.69) is 0 Å². The molecule has 1 aliphatic rings. The van der Waals surface area contributed by atoms with Crippen molar-refractivity contribution in [3.8, 4) is 0 Å². The van der Waals surface area contributed by atoms with Gasteiger partial charge in [0.15, 0.2) is 0 Å². The maximum Gasteiger partial charge on any atom is 0.315 e. The van der Waals surface area contributed by atoms with E-state index in [-0.39, 0.29) is 10.9 Å². The standard InChI is InChI=1S/C14H21N3O3S/c1-16(2)21(19,20)12-8-6-11(7-9-12)13-5-3-4-10-17(13)14(15)18/h6-9,13H,3-5,10H2,1-2H3,(H2,15,18). The van der Waals surface area contributed by atoms with Crippen molar-refractivity contribution in [1.82, 2.24) is 9.21 Å². The SMILES string of the molecule is CN(C)S(=O)(=O)c1ccc(C2CCCCN2C(N)=O)cc1. The molecular weight excluding hydrogens is 290 g/mol. The van der Waals surface area contributed by atoms with Crippen LogP contribution in [0, 0.1) is 0 Å². The van der Waals surface area contributed by atoms with Gasteiger partial charge in [0.1, 0.15) is 0 Å². The van der Waals surface area contributed by atoms with Crippen LogP contribution >= 0.6 is 0 Å². The fourth-order valence-corrected chi connectivity index (χ4v) is 3.52. The van der Waals surface area contributed by atoms with Gasteiger partial charge in [0.2, 0.25) is 10.0 Å². The van der Waals surface area contributed by atoms with E-state index in [9.17, 15) is 13.2 Å². The van der Waals surface area contributed by atoms with Crippen molar-refractivity contribution < 1.29 is 13.2 Å². The lowest BCUT2D eigenvalue weighted by Gasteiger charge is -2.34. The average Bonchev–Trinajstić information content (AvgIpc) is 2.47. The molecule has 1 unspecified atom stereocenters. The second-order valence-electron chi connectivity index (χ2n) is 5.40. The molecule has 7 heteroatoms. The van der Waals surface area contributed by atoms with Crippen LogP contribution in [-0.2, 0) is 10.0 Å². The monoisotopic (exact) mass is 311 g/mol. The Morgan fingerprint density at radius 3 is 2.38 bits per heavy atom. The molecule has 1 fully saturated rings. The summed E-state index contributed by atoms with van der Waals surface area (Å²) in [5.74, 6) is 0. The predicted octanol–water partition coefficient (Wildman–Crippen LogP) is 1.54. The predicted molar refractivity (Wildman–Crippen MR) is 80.2 cm³/mol. The van der Waals surface area contributed by atoms with Gasteiger partial charge >= 0.3 is 6.03 Å². The second kappa shape index (κ2) is 6.03. The summed E-state index contributed by atoms with van der Waals surface area (Å²) in [6.07, 6.45) is 2.83. The summed E-state index contributed by atoms with van der Waals surface area (Å²) < 4.78 is 25.2. The van der Waals surface area contributed by atoms with E-state index in [1.54, 1.807) is 29.2 Å². The van der Waals surface area contributed by atoms with Crippen molar-refractivity contribution in [3.05, 3.63) is 29.8 Å². The van der Waals surface area contributed by atoms with Crippen LogP contribution in [0.4, 0.5) is 4.79 Å². The summed E-state index contributed by atoms with van der Waals surface area (Å²) in [7, 11) is -0.428. The van der Waals surface area contributed by atoms with Crippen molar-refractivity contribution in [2.75, 3.05) is 20.6 Å². The molecule has 1 saturated heterocycles. The molecule has 0 bridgehead atoms. The topological polar surface area (TPSA) is 83.7 Å². The fraction of sp³-hybridized carbons (Fsp3) is 0.500. The van der Waals surface area contributed by atoms with Crippen LogP contribution in [0.2, 0.25) is 0 Å². The first-order chi connectivity index (χ1) is 9.84. The number of likely N-dealkylation sites (tertiary alicyclic amines) is 1. The largest absolute Gasteiger partial charge is 0.351 e. The first-order valence-corrected chi connectivity index (χ1v) is 8.36. The van der Waals surface area contributed by atoms with Gasteiger partial charge in [-0.15, -0.1) is 0 Å². The number of nitrogens with two attached hydrogens (primary N) is 1. The normalized spacial score (nSPS) is 19.8. The third kappa shape index (κ3) is 3.19. The summed E-state index contributed by atoms with van der Waals surface area (Å²) in [5, 5.41) is 0. The molecule has 2 amide bonds. The minimum atomic E-state index is -3.43. The first kappa shape index (κ1) is 15.8. The van der Waals surface area contributed by atoms with Gasteiger partial charge in [-0.1, -0.05) is 12.1 Å². The molecule has 0 aromatic heterocycles. The number of urea groups is 1. The van der Waals surface area contributed by atoms with Gasteiger partial charge in [-0.25, -0.2) is 17.5 Å². The van der Waals surface area contributed by atoms with Crippen LogP contribution in [0.5, 0.6) is 0 Å². The zero-order chi connectivity index (χ0) is 15.6. The molecule has 2 N–H and O–H groups in total. The number of benzene rings is 1. The molecule has 1 aromatic rings. The third-order valence-corrected chi connectivity index (χ3v) is 5.66. The highest BCUT2D eigenvalue weighted by atomic mass is 32.2. The Hall–Kier alpha value is -1.60. The molecule has 6 nitrogen and oxygen atoms in total. The van der Waals surface area contributed by atoms with E-state index < -0.39 is 16.1 Å². The second-order valence-corrected chi connectivity index (χ2v) is 7.55. The Kier molecular flexibility index (Phi) is 4.53. The summed E-state index contributed by atoms with van der Waals surface area (Å²) in [5.41, 5.74) is 6.34. The van der Waals surface area contributed by atoms with Crippen molar-refractivity contribution in [1.29, 1.82) is 0 Å². The van der Waals surface area contributed by atoms with Crippen molar-refractivity contribution >= 4 is 16.1 Å². The molecule has 1 aliphatic heterocycles. The van der Waals surface area contributed by atoms with Crippen LogP contribution in [0.25, 0.3) is 0 Å². The zero-order valence-electron chi connectivity index (χ0n) is 12.3. The minimum Gasteiger partial charge on any atom is -0.351 e. The molecule has 0 radical (unpaired) electrons. The highest BCUT2D eigenvalue weighted by molar-refractivity contribution is 7.89. The number of rotatable bonds is 3. The van der Waals surface area contributed by atoms with Crippen LogP contribution in [-0.4, -0.2) is 44.3 Å². The summed E-state index contributed by atoms with van der Waals surface area (Å²) >= 11 is 0. The molecular formula is C14H21N3O3S. The summed E-state index contributed by atoms with van der Waals surface area (Å²) in [6, 6.07) is 6.21. The van der Waals surface area contributed by atoms with Crippen LogP contribution in [0.15, 0.2) is 29.2 Å². The molecule has 1 heterocycles. The Bertz CT molecular complexity index is 611. The number of hydrogen-bond donors (Lipinski definition) is 1. The van der Waals surface area contributed by atoms with Crippen LogP contribution in [0.1, 0.15) is 30.9 Å². The lowest BCUT2D eigenvalue weighted by Crippen LogP contribution is -2.41. The highest BCUT2D eigenvalue weighted by Gasteiger charge is 2.27. The van der Waals surface area contributed by atoms with E-state index in [4.69, 9.17) is 5.73 Å². The fourth-order valence-electron chi connectivity index (χ4n) is 2.61. The average molecular weight is 311 g/mol. The van der Waals surface area contributed by atoms with E-state index in [0.717, 1.165) is 24.8 Å².